The largest absolute Gasteiger partial charge is 0.332 e. The Morgan fingerprint density at radius 1 is 1.35 bits per heavy atom. The molecule has 0 radical (unpaired) electrons. The molecule has 1 amide bonds. The molecule has 1 saturated carbocycles. The Balaban J connectivity index is 2.17. The molecule has 0 spiro atoms. The Labute approximate surface area is 134 Å². The standard InChI is InChI=1S/C16H19F2NO3S/c1-11(10-23(2,21)22)19(12-6-7-12)16(20)9-8-13-14(17)4-3-5-15(13)18/h3-5,8-9,11-12H,6-7,10H2,1-2H3/b9-8+/t11-/m1/s1. The van der Waals surface area contributed by atoms with Crippen LogP contribution < -0.4 is 0 Å². The average molecular weight is 343 g/mol. The zero-order valence-electron chi connectivity index (χ0n) is 13.0. The molecular weight excluding hydrogens is 324 g/mol. The van der Waals surface area contributed by atoms with Gasteiger partial charge in [-0.05, 0) is 38.0 Å². The second kappa shape index (κ2) is 6.78. The molecule has 0 unspecified atom stereocenters. The minimum atomic E-state index is -3.23. The number of nitrogens with zero attached hydrogens (tertiary/aromatic N) is 1. The van der Waals surface area contributed by atoms with Gasteiger partial charge in [0, 0.05) is 30.0 Å². The highest BCUT2D eigenvalue weighted by Gasteiger charge is 2.35. The van der Waals surface area contributed by atoms with Crippen molar-refractivity contribution in [2.24, 2.45) is 0 Å². The van der Waals surface area contributed by atoms with E-state index in [2.05, 4.69) is 0 Å². The molecule has 1 aromatic carbocycles. The van der Waals surface area contributed by atoms with Gasteiger partial charge in [0.2, 0.25) is 5.91 Å². The van der Waals surface area contributed by atoms with Crippen LogP contribution in [-0.2, 0) is 14.6 Å². The summed E-state index contributed by atoms with van der Waals surface area (Å²) in [6.45, 7) is 1.66. The quantitative estimate of drug-likeness (QED) is 0.746. The molecule has 2 rings (SSSR count). The second-order valence-corrected chi connectivity index (χ2v) is 8.07. The normalized spacial score (nSPS) is 16.5. The molecule has 0 saturated heterocycles. The van der Waals surface area contributed by atoms with Crippen molar-refractivity contribution >= 4 is 21.8 Å². The van der Waals surface area contributed by atoms with Gasteiger partial charge < -0.3 is 4.90 Å². The molecular formula is C16H19F2NO3S. The number of halogens is 2. The fraction of sp³-hybridized carbons (Fsp3) is 0.438. The van der Waals surface area contributed by atoms with Crippen molar-refractivity contribution in [2.75, 3.05) is 12.0 Å². The average Bonchev–Trinajstić information content (AvgIpc) is 3.20. The van der Waals surface area contributed by atoms with Gasteiger partial charge in [0.15, 0.2) is 0 Å². The van der Waals surface area contributed by atoms with Crippen molar-refractivity contribution in [1.82, 2.24) is 4.90 Å². The summed E-state index contributed by atoms with van der Waals surface area (Å²) < 4.78 is 50.0. The van der Waals surface area contributed by atoms with E-state index in [0.29, 0.717) is 0 Å². The van der Waals surface area contributed by atoms with E-state index in [9.17, 15) is 22.0 Å². The van der Waals surface area contributed by atoms with E-state index in [4.69, 9.17) is 0 Å². The lowest BCUT2D eigenvalue weighted by Crippen LogP contribution is -2.43. The lowest BCUT2D eigenvalue weighted by molar-refractivity contribution is -0.128. The fourth-order valence-electron chi connectivity index (χ4n) is 2.54. The third-order valence-corrected chi connectivity index (χ3v) is 4.69. The van der Waals surface area contributed by atoms with Gasteiger partial charge >= 0.3 is 0 Å². The topological polar surface area (TPSA) is 54.5 Å². The molecule has 1 aromatic rings. The van der Waals surface area contributed by atoms with Gasteiger partial charge in [0.1, 0.15) is 21.5 Å². The van der Waals surface area contributed by atoms with Crippen LogP contribution in [0.1, 0.15) is 25.3 Å². The number of carbonyl (C=O) groups excluding carboxylic acids is 1. The molecule has 0 N–H and O–H groups in total. The number of benzene rings is 1. The molecule has 23 heavy (non-hydrogen) atoms. The van der Waals surface area contributed by atoms with E-state index >= 15 is 0 Å². The summed E-state index contributed by atoms with van der Waals surface area (Å²) in [7, 11) is -3.23. The van der Waals surface area contributed by atoms with Crippen LogP contribution in [-0.4, -0.2) is 43.3 Å². The summed E-state index contributed by atoms with van der Waals surface area (Å²) in [6, 6.07) is 2.97. The SMILES string of the molecule is C[C@H](CS(C)(=O)=O)N(C(=O)/C=C/c1c(F)cccc1F)C1CC1. The van der Waals surface area contributed by atoms with Gasteiger partial charge in [-0.1, -0.05) is 6.07 Å². The molecule has 1 aliphatic carbocycles. The predicted molar refractivity (Wildman–Crippen MR) is 84.4 cm³/mol. The zero-order chi connectivity index (χ0) is 17.2. The summed E-state index contributed by atoms with van der Waals surface area (Å²) >= 11 is 0. The number of hydrogen-bond donors (Lipinski definition) is 0. The first-order chi connectivity index (χ1) is 10.7. The predicted octanol–water partition coefficient (Wildman–Crippen LogP) is 2.40. The minimum Gasteiger partial charge on any atom is -0.332 e. The van der Waals surface area contributed by atoms with Gasteiger partial charge in [-0.25, -0.2) is 17.2 Å². The number of hydrogen-bond acceptors (Lipinski definition) is 3. The van der Waals surface area contributed by atoms with Crippen LogP contribution in [0.25, 0.3) is 6.08 Å². The third kappa shape index (κ3) is 4.86. The van der Waals surface area contributed by atoms with Gasteiger partial charge in [-0.2, -0.15) is 0 Å². The first kappa shape index (κ1) is 17.6. The summed E-state index contributed by atoms with van der Waals surface area (Å²) in [5, 5.41) is 0. The van der Waals surface area contributed by atoms with E-state index in [1.54, 1.807) is 6.92 Å². The van der Waals surface area contributed by atoms with Gasteiger partial charge in [0.25, 0.3) is 0 Å². The van der Waals surface area contributed by atoms with Crippen molar-refractivity contribution in [3.63, 3.8) is 0 Å². The summed E-state index contributed by atoms with van der Waals surface area (Å²) in [6.07, 6.45) is 4.92. The first-order valence-corrected chi connectivity index (χ1v) is 9.37. The van der Waals surface area contributed by atoms with Crippen molar-refractivity contribution in [3.8, 4) is 0 Å². The molecule has 1 atom stereocenters. The molecule has 1 fully saturated rings. The highest BCUT2D eigenvalue weighted by Crippen LogP contribution is 2.29. The molecule has 7 heteroatoms. The minimum absolute atomic E-state index is 0.00522. The Morgan fingerprint density at radius 3 is 2.39 bits per heavy atom. The molecule has 1 aliphatic rings. The maximum absolute atomic E-state index is 13.6. The fourth-order valence-corrected chi connectivity index (χ4v) is 3.58. The highest BCUT2D eigenvalue weighted by atomic mass is 32.2. The summed E-state index contributed by atoms with van der Waals surface area (Å²) in [5.74, 6) is -2.09. The first-order valence-electron chi connectivity index (χ1n) is 7.31. The smallest absolute Gasteiger partial charge is 0.247 e. The third-order valence-electron chi connectivity index (χ3n) is 3.61. The van der Waals surface area contributed by atoms with E-state index in [-0.39, 0.29) is 17.4 Å². The van der Waals surface area contributed by atoms with Gasteiger partial charge in [-0.15, -0.1) is 0 Å². The van der Waals surface area contributed by atoms with Gasteiger partial charge in [-0.3, -0.25) is 4.79 Å². The number of carbonyl (C=O) groups is 1. The number of sulfone groups is 1. The van der Waals surface area contributed by atoms with E-state index in [1.165, 1.54) is 11.0 Å². The molecule has 0 aromatic heterocycles. The van der Waals surface area contributed by atoms with E-state index < -0.39 is 33.4 Å². The molecule has 4 nitrogen and oxygen atoms in total. The zero-order valence-corrected chi connectivity index (χ0v) is 13.8. The summed E-state index contributed by atoms with van der Waals surface area (Å²) in [5.41, 5.74) is -0.285. The Kier molecular flexibility index (Phi) is 5.19. The highest BCUT2D eigenvalue weighted by molar-refractivity contribution is 7.90. The second-order valence-electron chi connectivity index (χ2n) is 5.89. The Bertz CT molecular complexity index is 707. The molecule has 0 bridgehead atoms. The van der Waals surface area contributed by atoms with Crippen LogP contribution in [0.4, 0.5) is 8.78 Å². The Hall–Kier alpha value is -1.76. The molecule has 126 valence electrons. The maximum atomic E-state index is 13.6. The van der Waals surface area contributed by atoms with Crippen LogP contribution in [0.3, 0.4) is 0 Å². The molecule has 0 heterocycles. The number of rotatable bonds is 6. The lowest BCUT2D eigenvalue weighted by atomic mass is 10.1. The lowest BCUT2D eigenvalue weighted by Gasteiger charge is -2.27. The van der Waals surface area contributed by atoms with Crippen LogP contribution in [0.15, 0.2) is 24.3 Å². The number of amides is 1. The van der Waals surface area contributed by atoms with Crippen LogP contribution >= 0.6 is 0 Å². The van der Waals surface area contributed by atoms with Crippen molar-refractivity contribution in [2.45, 2.75) is 31.8 Å². The molecule has 0 aliphatic heterocycles. The van der Waals surface area contributed by atoms with E-state index in [1.807, 2.05) is 0 Å². The van der Waals surface area contributed by atoms with Crippen LogP contribution in [0.2, 0.25) is 0 Å². The maximum Gasteiger partial charge on any atom is 0.247 e. The Morgan fingerprint density at radius 2 is 1.91 bits per heavy atom. The van der Waals surface area contributed by atoms with E-state index in [0.717, 1.165) is 43.4 Å². The van der Waals surface area contributed by atoms with Crippen LogP contribution in [0.5, 0.6) is 0 Å². The summed E-state index contributed by atoms with van der Waals surface area (Å²) in [4.78, 5) is 13.8. The van der Waals surface area contributed by atoms with Crippen molar-refractivity contribution in [3.05, 3.63) is 41.5 Å². The van der Waals surface area contributed by atoms with Gasteiger partial charge in [0.05, 0.1) is 5.75 Å². The van der Waals surface area contributed by atoms with Crippen molar-refractivity contribution < 1.29 is 22.0 Å². The van der Waals surface area contributed by atoms with Crippen LogP contribution in [0, 0.1) is 11.6 Å². The van der Waals surface area contributed by atoms with Crippen molar-refractivity contribution in [1.29, 1.82) is 0 Å². The monoisotopic (exact) mass is 343 g/mol.